The van der Waals surface area contributed by atoms with Gasteiger partial charge in [-0.25, -0.2) is 0 Å². The molecule has 3 aromatic heterocycles. The van der Waals surface area contributed by atoms with Crippen molar-refractivity contribution in [1.29, 1.82) is 0 Å². The summed E-state index contributed by atoms with van der Waals surface area (Å²) in [5.41, 5.74) is 0. The van der Waals surface area contributed by atoms with Crippen molar-refractivity contribution < 1.29 is 87.2 Å². The van der Waals surface area contributed by atoms with Gasteiger partial charge in [0.15, 0.2) is 18.6 Å². The maximum Gasteiger partial charge on any atom is 0.205 e. The number of aromatic amines is 6. The zero-order valence-electron chi connectivity index (χ0n) is 8.94. The van der Waals surface area contributed by atoms with Crippen molar-refractivity contribution in [2.45, 2.75) is 0 Å². The molecule has 0 aliphatic rings. The summed E-state index contributed by atoms with van der Waals surface area (Å²) in [5.74, 6) is 0. The molecule has 9 nitrogen and oxygen atoms in total. The van der Waals surface area contributed by atoms with Crippen LogP contribution in [0.15, 0.2) is 37.2 Å². The van der Waals surface area contributed by atoms with E-state index in [9.17, 15) is 0 Å². The maximum atomic E-state index is 3.54. The molecule has 0 aromatic carbocycles. The first-order chi connectivity index (χ1) is 7.50. The van der Waals surface area contributed by atoms with E-state index in [1.54, 1.807) is 37.2 Å². The van der Waals surface area contributed by atoms with Crippen molar-refractivity contribution in [3.05, 3.63) is 37.2 Å². The van der Waals surface area contributed by atoms with Crippen molar-refractivity contribution in [2.24, 2.45) is 0 Å². The minimum atomic E-state index is 0. The lowest BCUT2D eigenvalue weighted by atomic mass is 11.0. The lowest BCUT2D eigenvalue weighted by Gasteiger charge is -1.39. The summed E-state index contributed by atoms with van der Waals surface area (Å²) in [6.07, 6.45) is 10.0. The van der Waals surface area contributed by atoms with Gasteiger partial charge >= 0.3 is 0 Å². The number of nitrogens with one attached hydrogen (secondary N) is 6. The highest BCUT2D eigenvalue weighted by atomic mass is 127. The lowest BCUT2D eigenvalue weighted by Crippen LogP contribution is -3.00. The Bertz CT molecular complexity index is 258. The van der Waals surface area contributed by atoms with Gasteiger partial charge in [0.2, 0.25) is 18.6 Å². The van der Waals surface area contributed by atoms with E-state index < -0.39 is 0 Å². The van der Waals surface area contributed by atoms with Crippen LogP contribution in [0.1, 0.15) is 0 Å². The molecule has 0 saturated carbocycles. The molecule has 0 aliphatic carbocycles. The standard InChI is InChI=1S/3C2H3N3.3HI/c3*1-2-4-5-3-1;;;/h3*1-2H,(H,3,4,5);3*1H. The van der Waals surface area contributed by atoms with E-state index in [4.69, 9.17) is 0 Å². The highest BCUT2D eigenvalue weighted by Crippen LogP contribution is 1.48. The lowest BCUT2D eigenvalue weighted by molar-refractivity contribution is -0.455. The van der Waals surface area contributed by atoms with Crippen LogP contribution in [0.2, 0.25) is 0 Å². The fraction of sp³-hybridized carbons (Fsp3) is 0. The van der Waals surface area contributed by atoms with Gasteiger partial charge in [0.1, 0.15) is 0 Å². The van der Waals surface area contributed by atoms with Crippen molar-refractivity contribution in [1.82, 2.24) is 30.9 Å². The Kier molecular flexibility index (Phi) is 24.0. The van der Waals surface area contributed by atoms with E-state index in [1.807, 2.05) is 0 Å². The third-order valence-corrected chi connectivity index (χ3v) is 1.08. The molecular weight excluding hydrogens is 579 g/mol. The minimum absolute atomic E-state index is 0. The van der Waals surface area contributed by atoms with Crippen LogP contribution < -0.4 is 87.2 Å². The molecule has 3 heterocycles. The van der Waals surface area contributed by atoms with Crippen LogP contribution in [0.4, 0.5) is 0 Å². The van der Waals surface area contributed by atoms with E-state index in [1.165, 1.54) is 0 Å². The van der Waals surface area contributed by atoms with Gasteiger partial charge in [-0.3, -0.25) is 0 Å². The van der Waals surface area contributed by atoms with Crippen LogP contribution in [0.5, 0.6) is 0 Å². The van der Waals surface area contributed by atoms with Gasteiger partial charge in [-0.2, -0.15) is 15.3 Å². The largest absolute Gasteiger partial charge is 1.00 e. The fourth-order valence-corrected chi connectivity index (χ4v) is 0.559. The van der Waals surface area contributed by atoms with E-state index in [-0.39, 0.29) is 71.9 Å². The number of hydrogen-bond donors (Lipinski definition) is 3. The molecule has 0 fully saturated rings. The zero-order chi connectivity index (χ0) is 10.6. The summed E-state index contributed by atoms with van der Waals surface area (Å²) in [7, 11) is 0. The van der Waals surface area contributed by atoms with Gasteiger partial charge in [0.05, 0.1) is 0 Å². The molecule has 0 spiro atoms. The summed E-state index contributed by atoms with van der Waals surface area (Å²) < 4.78 is 0. The third kappa shape index (κ3) is 15.6. The van der Waals surface area contributed by atoms with Crippen LogP contribution in [0.25, 0.3) is 0 Å². The number of aromatic nitrogens is 9. The Hall–Kier alpha value is -0.390. The Balaban J connectivity index is -0.000000173. The van der Waals surface area contributed by atoms with E-state index >= 15 is 0 Å². The van der Waals surface area contributed by atoms with Gasteiger partial charge < -0.3 is 71.9 Å². The Morgan fingerprint density at radius 1 is 0.556 bits per heavy atom. The summed E-state index contributed by atoms with van der Waals surface area (Å²) >= 11 is 0. The SMILES string of the molecule is [I-].[I-].[I-].c1c[nH+][nH]n1.c1c[nH+][nH]n1.c1c[nH+][nH]n1. The first kappa shape index (κ1) is 22.8. The van der Waals surface area contributed by atoms with Gasteiger partial charge in [0.25, 0.3) is 0 Å². The molecule has 6 N–H and O–H groups in total. The molecule has 0 saturated heterocycles. The molecule has 0 unspecified atom stereocenters. The highest BCUT2D eigenvalue weighted by molar-refractivity contribution is 4.46. The van der Waals surface area contributed by atoms with Crippen molar-refractivity contribution in [3.63, 3.8) is 0 Å². The summed E-state index contributed by atoms with van der Waals surface area (Å²) in [6, 6.07) is 0. The molecule has 0 atom stereocenters. The van der Waals surface area contributed by atoms with Crippen molar-refractivity contribution in [2.75, 3.05) is 0 Å². The predicted molar refractivity (Wildman–Crippen MR) is 45.4 cm³/mol. The number of nitrogens with zero attached hydrogens (tertiary/aromatic N) is 3. The highest BCUT2D eigenvalue weighted by Gasteiger charge is 1.69. The van der Waals surface area contributed by atoms with Crippen LogP contribution >= 0.6 is 0 Å². The molecule has 0 radical (unpaired) electrons. The number of hydrogen-bond acceptors (Lipinski definition) is 3. The van der Waals surface area contributed by atoms with Crippen molar-refractivity contribution in [3.8, 4) is 0 Å². The first-order valence-electron chi connectivity index (χ1n) is 4.06. The molecule has 0 amide bonds. The van der Waals surface area contributed by atoms with Gasteiger partial charge in [0, 0.05) is 15.3 Å². The summed E-state index contributed by atoms with van der Waals surface area (Å²) in [5, 5.41) is 26.0. The molecular formula is C6H12I3N9. The molecule has 12 heteroatoms. The molecule has 102 valence electrons. The first-order valence-corrected chi connectivity index (χ1v) is 4.06. The van der Waals surface area contributed by atoms with Gasteiger partial charge in [-0.1, -0.05) is 15.6 Å². The quantitative estimate of drug-likeness (QED) is 0.225. The van der Waals surface area contributed by atoms with Crippen LogP contribution in [0, 0.1) is 0 Å². The van der Waals surface area contributed by atoms with Crippen LogP contribution in [-0.4, -0.2) is 30.9 Å². The summed E-state index contributed by atoms with van der Waals surface area (Å²) in [4.78, 5) is 0. The average molecular weight is 591 g/mol. The molecule has 3 aromatic rings. The molecule has 18 heavy (non-hydrogen) atoms. The second-order valence-corrected chi connectivity index (χ2v) is 2.10. The van der Waals surface area contributed by atoms with Gasteiger partial charge in [-0.05, 0) is 0 Å². The van der Waals surface area contributed by atoms with E-state index in [2.05, 4.69) is 46.2 Å². The topological polar surface area (TPSA) is 128 Å². The smallest absolute Gasteiger partial charge is 0.205 e. The van der Waals surface area contributed by atoms with Gasteiger partial charge in [-0.15, -0.1) is 0 Å². The Labute approximate surface area is 154 Å². The molecule has 3 rings (SSSR count). The minimum Gasteiger partial charge on any atom is -1.00 e. The second-order valence-electron chi connectivity index (χ2n) is 2.10. The molecule has 0 aliphatic heterocycles. The zero-order valence-corrected chi connectivity index (χ0v) is 15.4. The van der Waals surface area contributed by atoms with E-state index in [0.717, 1.165) is 0 Å². The maximum absolute atomic E-state index is 3.54. The number of H-pyrrole nitrogens is 6. The predicted octanol–water partition coefficient (Wildman–Crippen LogP) is -11.3. The monoisotopic (exact) mass is 591 g/mol. The molecule has 0 bridgehead atoms. The second kappa shape index (κ2) is 19.0. The fourth-order valence-electron chi connectivity index (χ4n) is 0.559. The van der Waals surface area contributed by atoms with E-state index in [0.29, 0.717) is 0 Å². The number of rotatable bonds is 0. The summed E-state index contributed by atoms with van der Waals surface area (Å²) in [6.45, 7) is 0. The third-order valence-electron chi connectivity index (χ3n) is 1.08. The normalized spacial score (nSPS) is 6.67. The van der Waals surface area contributed by atoms with Crippen LogP contribution in [-0.2, 0) is 0 Å². The number of halogens is 3. The average Bonchev–Trinajstić information content (AvgIpc) is 3.09. The Morgan fingerprint density at radius 2 is 0.833 bits per heavy atom. The van der Waals surface area contributed by atoms with Crippen molar-refractivity contribution >= 4 is 0 Å². The van der Waals surface area contributed by atoms with Crippen LogP contribution in [0.3, 0.4) is 0 Å². The Morgan fingerprint density at radius 3 is 0.889 bits per heavy atom.